The maximum atomic E-state index is 14.9. The van der Waals surface area contributed by atoms with Crippen LogP contribution in [0.15, 0.2) is 66.7 Å². The van der Waals surface area contributed by atoms with Gasteiger partial charge in [-0.05, 0) is 60.1 Å². The Labute approximate surface area is 289 Å². The van der Waals surface area contributed by atoms with Gasteiger partial charge in [0.15, 0.2) is 0 Å². The largest absolute Gasteiger partial charge is 0.573 e. The lowest BCUT2D eigenvalue weighted by molar-refractivity contribution is -0.274. The zero-order valence-electron chi connectivity index (χ0n) is 27.0. The van der Waals surface area contributed by atoms with Gasteiger partial charge in [0, 0.05) is 55.7 Å². The Hall–Kier alpha value is -4.14. The molecule has 3 aromatic rings. The molecule has 0 unspecified atom stereocenters. The summed E-state index contributed by atoms with van der Waals surface area (Å²) in [5.74, 6) is -1.30. The van der Waals surface area contributed by atoms with Crippen molar-refractivity contribution in [1.82, 2.24) is 15.1 Å². The molecule has 0 radical (unpaired) electrons. The number of hydrogen-bond donors (Lipinski definition) is 1. The van der Waals surface area contributed by atoms with Crippen molar-refractivity contribution in [3.8, 4) is 22.9 Å². The number of halogens is 5. The van der Waals surface area contributed by atoms with Crippen molar-refractivity contribution in [2.24, 2.45) is 5.41 Å². The topological polar surface area (TPSA) is 85.7 Å². The second kappa shape index (κ2) is 15.2. The standard InChI is InChI=1S/C37H38F4N4O3.ClH/c38-31-17-25(20-42)9-11-29(31)27-10-12-33(48-37(39,40)41)28(18-27)21-43-32-13-16-44(22-30(32)26-7-3-1-4-8-26)35(47)23-45-24-36(19-34(45)46)14-5-2-6-15-36;/h1,3-4,7-12,17-18,30,32,43H,2,5-6,13-16,19,21-24H2;1H/t30-,32-;/m0./s1. The first-order valence-electron chi connectivity index (χ1n) is 16.5. The fourth-order valence-electron chi connectivity index (χ4n) is 7.66. The molecule has 3 fully saturated rings. The van der Waals surface area contributed by atoms with Crippen LogP contribution in [-0.4, -0.2) is 60.2 Å². The van der Waals surface area contributed by atoms with Crippen molar-refractivity contribution in [3.63, 3.8) is 0 Å². The van der Waals surface area contributed by atoms with Gasteiger partial charge in [0.1, 0.15) is 11.6 Å². The molecule has 49 heavy (non-hydrogen) atoms. The van der Waals surface area contributed by atoms with E-state index in [2.05, 4.69) is 10.1 Å². The second-order valence-electron chi connectivity index (χ2n) is 13.3. The van der Waals surface area contributed by atoms with E-state index in [9.17, 15) is 27.2 Å². The van der Waals surface area contributed by atoms with E-state index in [1.165, 1.54) is 36.8 Å². The molecule has 1 spiro atoms. The summed E-state index contributed by atoms with van der Waals surface area (Å²) < 4.78 is 59.3. The Morgan fingerprint density at radius 3 is 2.49 bits per heavy atom. The summed E-state index contributed by atoms with van der Waals surface area (Å²) in [6, 6.07) is 19.3. The minimum Gasteiger partial charge on any atom is -0.405 e. The predicted octanol–water partition coefficient (Wildman–Crippen LogP) is 7.34. The van der Waals surface area contributed by atoms with Crippen LogP contribution in [0.2, 0.25) is 0 Å². The van der Waals surface area contributed by atoms with Crippen LogP contribution in [0.5, 0.6) is 5.75 Å². The smallest absolute Gasteiger partial charge is 0.405 e. The van der Waals surface area contributed by atoms with Gasteiger partial charge in [-0.15, -0.1) is 25.6 Å². The van der Waals surface area contributed by atoms with E-state index in [0.29, 0.717) is 38.0 Å². The maximum absolute atomic E-state index is 14.9. The first kappa shape index (κ1) is 36.1. The molecule has 1 aliphatic carbocycles. The number of rotatable bonds is 8. The third kappa shape index (κ3) is 8.54. The lowest BCUT2D eigenvalue weighted by Gasteiger charge is -2.40. The number of carbonyl (C=O) groups excluding carboxylic acids is 2. The lowest BCUT2D eigenvalue weighted by atomic mass is 9.73. The molecule has 2 amide bonds. The fraction of sp³-hybridized carbons (Fsp3) is 0.432. The third-order valence-corrected chi connectivity index (χ3v) is 10.1. The summed E-state index contributed by atoms with van der Waals surface area (Å²) in [7, 11) is 0. The number of carbonyl (C=O) groups is 2. The highest BCUT2D eigenvalue weighted by Gasteiger charge is 2.44. The van der Waals surface area contributed by atoms with Gasteiger partial charge >= 0.3 is 6.36 Å². The number of piperidine rings is 1. The van der Waals surface area contributed by atoms with Gasteiger partial charge in [-0.2, -0.15) is 5.26 Å². The van der Waals surface area contributed by atoms with Crippen LogP contribution < -0.4 is 10.1 Å². The van der Waals surface area contributed by atoms with E-state index in [1.54, 1.807) is 9.80 Å². The number of ether oxygens (including phenoxy) is 1. The summed E-state index contributed by atoms with van der Waals surface area (Å²) in [5.41, 5.74) is 1.78. The van der Waals surface area contributed by atoms with Crippen molar-refractivity contribution in [2.45, 2.75) is 69.8 Å². The van der Waals surface area contributed by atoms with Crippen LogP contribution >= 0.6 is 12.4 Å². The molecule has 1 saturated carbocycles. The van der Waals surface area contributed by atoms with E-state index in [1.807, 2.05) is 36.4 Å². The molecule has 0 bridgehead atoms. The summed E-state index contributed by atoms with van der Waals surface area (Å²) in [5, 5.41) is 12.5. The molecule has 7 nitrogen and oxygen atoms in total. The minimum atomic E-state index is -4.93. The summed E-state index contributed by atoms with van der Waals surface area (Å²) in [6.07, 6.45) is 1.59. The van der Waals surface area contributed by atoms with Crippen LogP contribution in [0.4, 0.5) is 17.6 Å². The number of benzene rings is 3. The van der Waals surface area contributed by atoms with Crippen molar-refractivity contribution in [2.75, 3.05) is 26.2 Å². The molecule has 1 N–H and O–H groups in total. The van der Waals surface area contributed by atoms with Crippen LogP contribution in [-0.2, 0) is 16.1 Å². The monoisotopic (exact) mass is 698 g/mol. The maximum Gasteiger partial charge on any atom is 0.573 e. The molecular formula is C37H39ClF4N4O3. The molecule has 6 rings (SSSR count). The number of alkyl halides is 3. The fourth-order valence-corrected chi connectivity index (χ4v) is 7.66. The first-order chi connectivity index (χ1) is 23.0. The average molecular weight is 699 g/mol. The number of nitriles is 1. The Bertz CT molecular complexity index is 1690. The van der Waals surface area contributed by atoms with Gasteiger partial charge in [-0.3, -0.25) is 9.59 Å². The Kier molecular flexibility index (Phi) is 11.2. The summed E-state index contributed by atoms with van der Waals surface area (Å²) >= 11 is 0. The van der Waals surface area contributed by atoms with Gasteiger partial charge in [-0.1, -0.05) is 61.7 Å². The van der Waals surface area contributed by atoms with E-state index in [-0.39, 0.29) is 71.4 Å². The van der Waals surface area contributed by atoms with E-state index in [0.717, 1.165) is 37.3 Å². The van der Waals surface area contributed by atoms with Crippen molar-refractivity contribution < 1.29 is 31.9 Å². The van der Waals surface area contributed by atoms with Crippen LogP contribution in [0.1, 0.15) is 67.6 Å². The van der Waals surface area contributed by atoms with Gasteiger partial charge in [0.05, 0.1) is 18.2 Å². The van der Waals surface area contributed by atoms with E-state index >= 15 is 0 Å². The highest BCUT2D eigenvalue weighted by molar-refractivity contribution is 5.86. The summed E-state index contributed by atoms with van der Waals surface area (Å²) in [4.78, 5) is 30.0. The number of nitrogens with one attached hydrogen (secondary N) is 1. The van der Waals surface area contributed by atoms with Crippen molar-refractivity contribution in [3.05, 3.63) is 89.2 Å². The lowest BCUT2D eigenvalue weighted by Crippen LogP contribution is -2.52. The van der Waals surface area contributed by atoms with E-state index in [4.69, 9.17) is 5.26 Å². The Morgan fingerprint density at radius 2 is 1.80 bits per heavy atom. The Morgan fingerprint density at radius 1 is 1.04 bits per heavy atom. The predicted molar refractivity (Wildman–Crippen MR) is 178 cm³/mol. The average Bonchev–Trinajstić information content (AvgIpc) is 3.36. The Balaban J connectivity index is 0.00000468. The van der Waals surface area contributed by atoms with Crippen LogP contribution in [0.3, 0.4) is 0 Å². The van der Waals surface area contributed by atoms with Crippen molar-refractivity contribution >= 4 is 24.2 Å². The van der Waals surface area contributed by atoms with Crippen LogP contribution in [0, 0.1) is 22.6 Å². The number of nitrogens with zero attached hydrogens (tertiary/aromatic N) is 3. The molecule has 3 aromatic carbocycles. The van der Waals surface area contributed by atoms with Crippen molar-refractivity contribution in [1.29, 1.82) is 5.26 Å². The molecule has 260 valence electrons. The molecular weight excluding hydrogens is 660 g/mol. The zero-order chi connectivity index (χ0) is 33.9. The van der Waals surface area contributed by atoms with Gasteiger partial charge in [-0.25, -0.2) is 4.39 Å². The molecule has 3 aliphatic rings. The SMILES string of the molecule is Cl.N#Cc1ccc(-c2ccc(OC(F)(F)F)c(CN[C@H]3CCN(C(=O)CN4CC5(CCCCC5)CC4=O)C[C@H]3c3ccccc3)c2)c(F)c1. The highest BCUT2D eigenvalue weighted by Crippen LogP contribution is 2.44. The molecule has 2 heterocycles. The molecule has 2 atom stereocenters. The first-order valence-corrected chi connectivity index (χ1v) is 16.5. The normalized spacial score (nSPS) is 20.5. The van der Waals surface area contributed by atoms with Crippen LogP contribution in [0.25, 0.3) is 11.1 Å². The molecule has 2 saturated heterocycles. The molecule has 12 heteroatoms. The minimum absolute atomic E-state index is 0. The van der Waals surface area contributed by atoms with Gasteiger partial charge in [0.2, 0.25) is 11.8 Å². The molecule has 2 aliphatic heterocycles. The third-order valence-electron chi connectivity index (χ3n) is 10.1. The highest BCUT2D eigenvalue weighted by atomic mass is 35.5. The number of amides is 2. The van der Waals surface area contributed by atoms with Gasteiger partial charge in [0.25, 0.3) is 0 Å². The second-order valence-corrected chi connectivity index (χ2v) is 13.3. The molecule has 0 aromatic heterocycles. The summed E-state index contributed by atoms with van der Waals surface area (Å²) in [6.45, 7) is 1.48. The quantitative estimate of drug-likeness (QED) is 0.249. The van der Waals surface area contributed by atoms with E-state index < -0.39 is 17.9 Å². The van der Waals surface area contributed by atoms with Gasteiger partial charge < -0.3 is 19.9 Å². The number of hydrogen-bond acceptors (Lipinski definition) is 5. The number of likely N-dealkylation sites (tertiary alicyclic amines) is 2. The zero-order valence-corrected chi connectivity index (χ0v) is 27.8.